The van der Waals surface area contributed by atoms with Crippen molar-refractivity contribution in [1.29, 1.82) is 0 Å². The lowest BCUT2D eigenvalue weighted by Gasteiger charge is -2.22. The number of allylic oxidation sites excluding steroid dienone is 1. The van der Waals surface area contributed by atoms with E-state index in [0.29, 0.717) is 30.6 Å². The van der Waals surface area contributed by atoms with Gasteiger partial charge in [0.2, 0.25) is 0 Å². The molecule has 3 atom stereocenters. The Labute approximate surface area is 140 Å². The fraction of sp³-hybridized carbons (Fsp3) is 0.444. The molecule has 0 radical (unpaired) electrons. The van der Waals surface area contributed by atoms with Crippen LogP contribution in [0.1, 0.15) is 36.0 Å². The molecule has 1 aliphatic carbocycles. The maximum absolute atomic E-state index is 12.2. The maximum atomic E-state index is 12.2. The van der Waals surface area contributed by atoms with E-state index in [2.05, 4.69) is 0 Å². The number of hydrogen-bond donors (Lipinski definition) is 2. The Bertz CT molecular complexity index is 592. The largest absolute Gasteiger partial charge is 0.497 e. The fourth-order valence-corrected chi connectivity index (χ4v) is 2.49. The van der Waals surface area contributed by atoms with Gasteiger partial charge in [-0.05, 0) is 56.0 Å². The van der Waals surface area contributed by atoms with Crippen molar-refractivity contribution in [3.8, 4) is 5.75 Å². The molecule has 0 spiro atoms. The second kappa shape index (κ2) is 8.61. The van der Waals surface area contributed by atoms with Gasteiger partial charge in [-0.3, -0.25) is 4.79 Å². The van der Waals surface area contributed by atoms with Gasteiger partial charge < -0.3 is 19.7 Å². The van der Waals surface area contributed by atoms with E-state index in [1.807, 2.05) is 0 Å². The Balaban J connectivity index is 2.00. The number of methoxy groups -OCH3 is 1. The van der Waals surface area contributed by atoms with Gasteiger partial charge in [-0.1, -0.05) is 6.08 Å². The summed E-state index contributed by atoms with van der Waals surface area (Å²) in [5.41, 5.74) is 0.416. The highest BCUT2D eigenvalue weighted by molar-refractivity contribution is 5.93. The predicted octanol–water partition coefficient (Wildman–Crippen LogP) is 1.64. The fourth-order valence-electron chi connectivity index (χ4n) is 2.49. The van der Waals surface area contributed by atoms with Crippen LogP contribution in [0.5, 0.6) is 5.75 Å². The van der Waals surface area contributed by atoms with E-state index in [1.165, 1.54) is 6.08 Å². The molecule has 0 fully saturated rings. The molecule has 1 aromatic carbocycles. The maximum Gasteiger partial charge on any atom is 0.338 e. The summed E-state index contributed by atoms with van der Waals surface area (Å²) in [5.74, 6) is -0.303. The molecular formula is C18H22O6. The van der Waals surface area contributed by atoms with Crippen molar-refractivity contribution in [2.75, 3.05) is 7.11 Å². The first-order valence-electron chi connectivity index (χ1n) is 7.93. The zero-order valence-corrected chi connectivity index (χ0v) is 13.6. The molecular weight excluding hydrogens is 312 g/mol. The molecule has 0 amide bonds. The summed E-state index contributed by atoms with van der Waals surface area (Å²) in [5, 5.41) is 19.5. The number of benzene rings is 1. The molecule has 1 aromatic rings. The number of aliphatic hydroxyl groups excluding tert-OH is 2. The van der Waals surface area contributed by atoms with E-state index in [9.17, 15) is 19.8 Å². The smallest absolute Gasteiger partial charge is 0.338 e. The number of esters is 1. The average Bonchev–Trinajstić information content (AvgIpc) is 2.61. The predicted molar refractivity (Wildman–Crippen MR) is 86.8 cm³/mol. The molecule has 2 rings (SSSR count). The quantitative estimate of drug-likeness (QED) is 0.816. The van der Waals surface area contributed by atoms with Crippen LogP contribution in [0.2, 0.25) is 0 Å². The lowest BCUT2D eigenvalue weighted by atomic mass is 9.98. The van der Waals surface area contributed by atoms with Crippen LogP contribution in [0.25, 0.3) is 0 Å². The summed E-state index contributed by atoms with van der Waals surface area (Å²) in [7, 11) is 1.55. The number of carbonyl (C=O) groups is 2. The van der Waals surface area contributed by atoms with Gasteiger partial charge in [0, 0.05) is 0 Å². The third kappa shape index (κ3) is 4.91. The zero-order chi connectivity index (χ0) is 17.5. The third-order valence-electron chi connectivity index (χ3n) is 3.98. The van der Waals surface area contributed by atoms with Gasteiger partial charge in [-0.2, -0.15) is 0 Å². The first-order valence-corrected chi connectivity index (χ1v) is 7.93. The zero-order valence-electron chi connectivity index (χ0n) is 13.6. The number of ether oxygens (including phenoxy) is 2. The van der Waals surface area contributed by atoms with Crippen LogP contribution in [0.3, 0.4) is 0 Å². The normalized spacial score (nSPS) is 26.5. The minimum absolute atomic E-state index is 0.182. The summed E-state index contributed by atoms with van der Waals surface area (Å²) in [4.78, 5) is 23.8. The molecule has 2 N–H and O–H groups in total. The Morgan fingerprint density at radius 3 is 2.50 bits per heavy atom. The number of rotatable bonds is 3. The van der Waals surface area contributed by atoms with Crippen molar-refractivity contribution < 1.29 is 29.3 Å². The molecule has 3 unspecified atom stereocenters. The van der Waals surface area contributed by atoms with Crippen molar-refractivity contribution in [2.45, 2.75) is 44.0 Å². The van der Waals surface area contributed by atoms with Gasteiger partial charge >= 0.3 is 5.97 Å². The molecule has 0 saturated heterocycles. The van der Waals surface area contributed by atoms with Crippen LogP contribution in [0.15, 0.2) is 36.4 Å². The van der Waals surface area contributed by atoms with E-state index in [1.54, 1.807) is 37.5 Å². The molecule has 0 heterocycles. The van der Waals surface area contributed by atoms with Gasteiger partial charge in [0.15, 0.2) is 5.78 Å². The highest BCUT2D eigenvalue weighted by Crippen LogP contribution is 2.19. The molecule has 0 aliphatic heterocycles. The Morgan fingerprint density at radius 2 is 1.83 bits per heavy atom. The standard InChI is InChI=1S/C18H22O6/c1-23-13-8-6-12(7-9-13)18(22)24-14-4-2-3-5-15(19)17(21)16(20)11-10-14/h3,5-9,14,16-17,20-21H,2,4,10-11H2,1H3/b5-3+. The molecule has 6 heteroatoms. The van der Waals surface area contributed by atoms with E-state index in [4.69, 9.17) is 9.47 Å². The Hall–Kier alpha value is -2.18. The van der Waals surface area contributed by atoms with Crippen molar-refractivity contribution in [1.82, 2.24) is 0 Å². The molecule has 0 aromatic heterocycles. The highest BCUT2D eigenvalue weighted by atomic mass is 16.5. The average molecular weight is 334 g/mol. The third-order valence-corrected chi connectivity index (χ3v) is 3.98. The SMILES string of the molecule is COc1ccc(C(=O)OC2CC/C=C/C(=O)C(O)C(O)CC2)cc1. The van der Waals surface area contributed by atoms with E-state index >= 15 is 0 Å². The van der Waals surface area contributed by atoms with Gasteiger partial charge in [0.05, 0.1) is 18.8 Å². The van der Waals surface area contributed by atoms with Crippen molar-refractivity contribution >= 4 is 11.8 Å². The van der Waals surface area contributed by atoms with Crippen LogP contribution >= 0.6 is 0 Å². The number of aliphatic hydroxyl groups is 2. The Morgan fingerprint density at radius 1 is 1.12 bits per heavy atom. The Kier molecular flexibility index (Phi) is 6.52. The minimum Gasteiger partial charge on any atom is -0.497 e. The van der Waals surface area contributed by atoms with Gasteiger partial charge in [-0.15, -0.1) is 0 Å². The number of carbonyl (C=O) groups excluding carboxylic acids is 2. The van der Waals surface area contributed by atoms with Crippen LogP contribution in [-0.4, -0.2) is 47.4 Å². The van der Waals surface area contributed by atoms with Crippen LogP contribution < -0.4 is 4.74 Å². The molecule has 24 heavy (non-hydrogen) atoms. The highest BCUT2D eigenvalue weighted by Gasteiger charge is 2.25. The second-order valence-corrected chi connectivity index (χ2v) is 5.73. The lowest BCUT2D eigenvalue weighted by Crippen LogP contribution is -2.34. The first-order chi connectivity index (χ1) is 11.5. The van der Waals surface area contributed by atoms with Gasteiger partial charge in [-0.25, -0.2) is 4.79 Å². The first kappa shape index (κ1) is 18.2. The summed E-state index contributed by atoms with van der Waals surface area (Å²) < 4.78 is 10.5. The van der Waals surface area contributed by atoms with Crippen molar-refractivity contribution in [3.63, 3.8) is 0 Å². The summed E-state index contributed by atoms with van der Waals surface area (Å²) in [6.45, 7) is 0. The van der Waals surface area contributed by atoms with E-state index in [-0.39, 0.29) is 12.5 Å². The van der Waals surface area contributed by atoms with Crippen LogP contribution in [0, 0.1) is 0 Å². The van der Waals surface area contributed by atoms with Crippen molar-refractivity contribution in [2.24, 2.45) is 0 Å². The number of ketones is 1. The van der Waals surface area contributed by atoms with Crippen LogP contribution in [-0.2, 0) is 9.53 Å². The summed E-state index contributed by atoms with van der Waals surface area (Å²) in [6.07, 6.45) is 1.56. The minimum atomic E-state index is -1.43. The van der Waals surface area contributed by atoms with E-state index in [0.717, 1.165) is 0 Å². The topological polar surface area (TPSA) is 93.1 Å². The lowest BCUT2D eigenvalue weighted by molar-refractivity contribution is -0.128. The van der Waals surface area contributed by atoms with Crippen LogP contribution in [0.4, 0.5) is 0 Å². The summed E-state index contributed by atoms with van der Waals surface area (Å²) in [6, 6.07) is 6.60. The monoisotopic (exact) mass is 334 g/mol. The van der Waals surface area contributed by atoms with E-state index < -0.39 is 24.0 Å². The van der Waals surface area contributed by atoms with Gasteiger partial charge in [0.1, 0.15) is 18.0 Å². The van der Waals surface area contributed by atoms with Gasteiger partial charge in [0.25, 0.3) is 0 Å². The summed E-state index contributed by atoms with van der Waals surface area (Å²) >= 11 is 0. The second-order valence-electron chi connectivity index (χ2n) is 5.73. The molecule has 6 nitrogen and oxygen atoms in total. The molecule has 0 bridgehead atoms. The number of hydrogen-bond acceptors (Lipinski definition) is 6. The molecule has 0 saturated carbocycles. The molecule has 130 valence electrons. The molecule has 1 aliphatic rings. The van der Waals surface area contributed by atoms with Crippen molar-refractivity contribution in [3.05, 3.63) is 42.0 Å².